The van der Waals surface area contributed by atoms with Crippen LogP contribution in [0, 0.1) is 10.8 Å². The van der Waals surface area contributed by atoms with Crippen LogP contribution in [0.3, 0.4) is 0 Å². The van der Waals surface area contributed by atoms with E-state index in [0.717, 1.165) is 6.42 Å². The molecule has 18 heavy (non-hydrogen) atoms. The number of carbonyl (C=O) groups is 2. The molecule has 0 bridgehead atoms. The van der Waals surface area contributed by atoms with E-state index >= 15 is 0 Å². The highest BCUT2D eigenvalue weighted by Gasteiger charge is 2.35. The van der Waals surface area contributed by atoms with Crippen molar-refractivity contribution in [3.63, 3.8) is 0 Å². The van der Waals surface area contributed by atoms with Crippen molar-refractivity contribution in [3.8, 4) is 0 Å². The molecule has 0 radical (unpaired) electrons. The molecule has 0 saturated heterocycles. The molecule has 0 N–H and O–H groups in total. The second-order valence-electron chi connectivity index (χ2n) is 5.89. The molecule has 0 fully saturated rings. The molecule has 0 rings (SSSR count). The normalized spacial score (nSPS) is 11.9. The lowest BCUT2D eigenvalue weighted by Gasteiger charge is -2.21. The summed E-state index contributed by atoms with van der Waals surface area (Å²) in [5, 5.41) is 0. The summed E-state index contributed by atoms with van der Waals surface area (Å²) in [6, 6.07) is 0. The third kappa shape index (κ3) is 3.88. The maximum Gasteiger partial charge on any atom is 0.274 e. The molecule has 4 heteroatoms. The maximum absolute atomic E-state index is 12.0. The zero-order valence-electron chi connectivity index (χ0n) is 12.3. The van der Waals surface area contributed by atoms with Crippen LogP contribution in [-0.4, -0.2) is 22.1 Å². The van der Waals surface area contributed by atoms with E-state index in [0.29, 0.717) is 12.1 Å². The standard InChI is InChI=1S/C14H24N2O2/c1-7-13(3,4)11(16-15)8-9-12(18)14(5,6)10(2)17/h7-9H2,1-6H3. The molecule has 0 aromatic heterocycles. The SMILES string of the molecule is CCC(C)(C)C(CCC(=O)C(C)(C)C(C)=O)=[N+]=[N-]. The summed E-state index contributed by atoms with van der Waals surface area (Å²) in [7, 11) is 0. The second-order valence-corrected chi connectivity index (χ2v) is 5.89. The number of nitrogens with zero attached hydrogens (tertiary/aromatic N) is 2. The minimum atomic E-state index is -0.947. The Balaban J connectivity index is 4.74. The lowest BCUT2D eigenvalue weighted by atomic mass is 9.78. The van der Waals surface area contributed by atoms with Gasteiger partial charge in [-0.05, 0) is 41.0 Å². The Morgan fingerprint density at radius 2 is 1.61 bits per heavy atom. The summed E-state index contributed by atoms with van der Waals surface area (Å²) in [5.74, 6) is -0.243. The summed E-state index contributed by atoms with van der Waals surface area (Å²) in [5.41, 5.74) is 8.46. The minimum absolute atomic E-state index is 0.108. The highest BCUT2D eigenvalue weighted by molar-refractivity contribution is 6.06. The molecule has 0 amide bonds. The third-order valence-corrected chi connectivity index (χ3v) is 3.95. The summed E-state index contributed by atoms with van der Waals surface area (Å²) < 4.78 is 0. The number of hydrogen-bond donors (Lipinski definition) is 0. The number of ketones is 2. The molecule has 0 spiro atoms. The molecule has 0 aliphatic carbocycles. The Hall–Kier alpha value is -1.28. The molecule has 0 heterocycles. The molecule has 0 aliphatic rings. The van der Waals surface area contributed by atoms with E-state index in [1.54, 1.807) is 13.8 Å². The first-order valence-corrected chi connectivity index (χ1v) is 6.35. The van der Waals surface area contributed by atoms with Crippen molar-refractivity contribution in [2.75, 3.05) is 0 Å². The van der Waals surface area contributed by atoms with Gasteiger partial charge in [-0.1, -0.05) is 6.92 Å². The van der Waals surface area contributed by atoms with E-state index in [9.17, 15) is 9.59 Å². The maximum atomic E-state index is 12.0. The van der Waals surface area contributed by atoms with Gasteiger partial charge in [-0.2, -0.15) is 4.79 Å². The first-order valence-electron chi connectivity index (χ1n) is 6.35. The molecular weight excluding hydrogens is 228 g/mol. The summed E-state index contributed by atoms with van der Waals surface area (Å²) >= 11 is 0. The van der Waals surface area contributed by atoms with Crippen LogP contribution in [0.2, 0.25) is 0 Å². The van der Waals surface area contributed by atoms with Crippen LogP contribution in [0.15, 0.2) is 0 Å². The predicted molar refractivity (Wildman–Crippen MR) is 71.4 cm³/mol. The van der Waals surface area contributed by atoms with Gasteiger partial charge < -0.3 is 5.53 Å². The minimum Gasteiger partial charge on any atom is -0.362 e. The van der Waals surface area contributed by atoms with E-state index in [-0.39, 0.29) is 23.4 Å². The van der Waals surface area contributed by atoms with Crippen LogP contribution in [0.5, 0.6) is 0 Å². The fourth-order valence-corrected chi connectivity index (χ4v) is 1.47. The van der Waals surface area contributed by atoms with Gasteiger partial charge in [-0.25, -0.2) is 0 Å². The average molecular weight is 252 g/mol. The van der Waals surface area contributed by atoms with Crippen molar-refractivity contribution in [2.45, 2.75) is 60.8 Å². The van der Waals surface area contributed by atoms with Crippen LogP contribution >= 0.6 is 0 Å². The predicted octanol–water partition coefficient (Wildman–Crippen LogP) is 3.06. The van der Waals surface area contributed by atoms with Crippen molar-refractivity contribution in [2.24, 2.45) is 10.8 Å². The molecule has 0 aromatic rings. The highest BCUT2D eigenvalue weighted by atomic mass is 16.2. The first kappa shape index (κ1) is 16.7. The zero-order chi connectivity index (χ0) is 14.6. The van der Waals surface area contributed by atoms with Gasteiger partial charge in [0.2, 0.25) is 0 Å². The van der Waals surface area contributed by atoms with Crippen LogP contribution < -0.4 is 0 Å². The van der Waals surface area contributed by atoms with Crippen LogP contribution in [0.25, 0.3) is 5.53 Å². The van der Waals surface area contributed by atoms with Gasteiger partial charge in [0, 0.05) is 6.42 Å². The molecule has 0 atom stereocenters. The molecule has 0 aromatic carbocycles. The number of Topliss-reactive ketones (excluding diaryl/α,β-unsaturated/α-hetero) is 2. The van der Waals surface area contributed by atoms with Crippen molar-refractivity contribution in [1.82, 2.24) is 0 Å². The van der Waals surface area contributed by atoms with E-state index in [2.05, 4.69) is 4.79 Å². The van der Waals surface area contributed by atoms with Crippen molar-refractivity contribution < 1.29 is 14.4 Å². The van der Waals surface area contributed by atoms with E-state index in [4.69, 9.17) is 5.53 Å². The Bertz CT molecular complexity index is 389. The average Bonchev–Trinajstić information content (AvgIpc) is 2.28. The fraction of sp³-hybridized carbons (Fsp3) is 0.786. The lowest BCUT2D eigenvalue weighted by molar-refractivity contribution is -0.137. The fourth-order valence-electron chi connectivity index (χ4n) is 1.47. The Morgan fingerprint density at radius 3 is 1.94 bits per heavy atom. The number of rotatable bonds is 7. The molecular formula is C14H24N2O2. The van der Waals surface area contributed by atoms with Gasteiger partial charge in [0.25, 0.3) is 5.71 Å². The second kappa shape index (κ2) is 6.05. The van der Waals surface area contributed by atoms with Gasteiger partial charge in [0.05, 0.1) is 17.3 Å². The van der Waals surface area contributed by atoms with Gasteiger partial charge in [-0.3, -0.25) is 9.59 Å². The third-order valence-electron chi connectivity index (χ3n) is 3.95. The molecule has 102 valence electrons. The Labute approximate surface area is 109 Å². The van der Waals surface area contributed by atoms with Gasteiger partial charge in [-0.15, -0.1) is 0 Å². The zero-order valence-corrected chi connectivity index (χ0v) is 12.3. The van der Waals surface area contributed by atoms with Crippen LogP contribution in [-0.2, 0) is 9.59 Å². The van der Waals surface area contributed by atoms with Gasteiger partial charge in [0.1, 0.15) is 11.6 Å². The molecule has 0 saturated carbocycles. The van der Waals surface area contributed by atoms with Crippen molar-refractivity contribution >= 4 is 17.3 Å². The molecule has 0 aliphatic heterocycles. The summed E-state index contributed by atoms with van der Waals surface area (Å²) in [6.45, 7) is 10.7. The quantitative estimate of drug-likeness (QED) is 0.302. The smallest absolute Gasteiger partial charge is 0.274 e. The molecule has 0 unspecified atom stereocenters. The number of carbonyl (C=O) groups excluding carboxylic acids is 2. The van der Waals surface area contributed by atoms with Crippen LogP contribution in [0.4, 0.5) is 0 Å². The Morgan fingerprint density at radius 1 is 1.11 bits per heavy atom. The van der Waals surface area contributed by atoms with Gasteiger partial charge >= 0.3 is 0 Å². The van der Waals surface area contributed by atoms with Crippen molar-refractivity contribution in [1.29, 1.82) is 0 Å². The molecule has 4 nitrogen and oxygen atoms in total. The van der Waals surface area contributed by atoms with E-state index in [1.807, 2.05) is 20.8 Å². The van der Waals surface area contributed by atoms with Gasteiger partial charge in [0.15, 0.2) is 0 Å². The largest absolute Gasteiger partial charge is 0.362 e. The summed E-state index contributed by atoms with van der Waals surface area (Å²) in [6.07, 6.45) is 1.46. The van der Waals surface area contributed by atoms with Crippen LogP contribution in [0.1, 0.15) is 60.8 Å². The monoisotopic (exact) mass is 252 g/mol. The van der Waals surface area contributed by atoms with E-state index < -0.39 is 5.41 Å². The first-order chi connectivity index (χ1) is 8.09. The Kier molecular flexibility index (Phi) is 5.62. The summed E-state index contributed by atoms with van der Waals surface area (Å²) in [4.78, 5) is 26.7. The van der Waals surface area contributed by atoms with E-state index in [1.165, 1.54) is 6.92 Å². The number of hydrogen-bond acceptors (Lipinski definition) is 2. The topological polar surface area (TPSA) is 70.5 Å². The lowest BCUT2D eigenvalue weighted by Crippen LogP contribution is -2.33. The highest BCUT2D eigenvalue weighted by Crippen LogP contribution is 2.26. The van der Waals surface area contributed by atoms with Crippen molar-refractivity contribution in [3.05, 3.63) is 5.53 Å².